The van der Waals surface area contributed by atoms with Gasteiger partial charge in [-0.25, -0.2) is 4.39 Å². The summed E-state index contributed by atoms with van der Waals surface area (Å²) in [5, 5.41) is 4.32. The van der Waals surface area contributed by atoms with Crippen LogP contribution in [-0.4, -0.2) is 27.7 Å². The van der Waals surface area contributed by atoms with Crippen LogP contribution in [0.2, 0.25) is 5.02 Å². The minimum atomic E-state index is -0.360. The van der Waals surface area contributed by atoms with E-state index in [9.17, 15) is 4.39 Å². The average Bonchev–Trinajstić information content (AvgIpc) is 3.01. The monoisotopic (exact) mass is 313 g/mol. The van der Waals surface area contributed by atoms with Crippen molar-refractivity contribution in [3.05, 3.63) is 46.3 Å². The van der Waals surface area contributed by atoms with Crippen LogP contribution in [0.1, 0.15) is 23.2 Å². The fourth-order valence-corrected chi connectivity index (χ4v) is 3.67. The fraction of sp³-hybridized carbons (Fsp3) is 0.385. The van der Waals surface area contributed by atoms with E-state index in [1.165, 1.54) is 12.1 Å². The van der Waals surface area contributed by atoms with Gasteiger partial charge in [-0.2, -0.15) is 16.7 Å². The van der Waals surface area contributed by atoms with Crippen molar-refractivity contribution in [3.63, 3.8) is 0 Å². The maximum atomic E-state index is 13.0. The summed E-state index contributed by atoms with van der Waals surface area (Å²) in [5.41, 5.74) is 6.77. The number of rotatable bonds is 3. The molecule has 2 N–H and O–H groups in total. The van der Waals surface area contributed by atoms with Gasteiger partial charge in [0, 0.05) is 29.0 Å². The molecule has 2 atom stereocenters. The van der Waals surface area contributed by atoms with Crippen molar-refractivity contribution in [2.75, 3.05) is 11.5 Å². The first-order valence-electron chi connectivity index (χ1n) is 6.23. The van der Waals surface area contributed by atoms with E-state index in [-0.39, 0.29) is 17.8 Å². The molecular weight excluding hydrogens is 301 g/mol. The summed E-state index contributed by atoms with van der Waals surface area (Å²) in [6, 6.07) is 4.33. The molecule has 1 aromatic heterocycles. The fourth-order valence-electron chi connectivity index (χ4n) is 2.15. The Labute approximate surface area is 124 Å². The number of nitrogens with two attached hydrogens (primary N) is 1. The highest BCUT2D eigenvalue weighted by Gasteiger charge is 2.30. The molecular formula is C13H13ClFN3OS. The number of benzene rings is 1. The standard InChI is InChI=1S/C13H13ClFN3OS/c14-10-4-8(15)2-1-7(10)3-12-17-13(19-18-12)9-5-20-6-11(9)16/h1-2,4,9,11H,3,5-6,16H2. The van der Waals surface area contributed by atoms with Gasteiger partial charge in [0.25, 0.3) is 0 Å². The lowest BCUT2D eigenvalue weighted by molar-refractivity contribution is 0.349. The highest BCUT2D eigenvalue weighted by atomic mass is 35.5. The molecule has 0 spiro atoms. The topological polar surface area (TPSA) is 64.9 Å². The molecule has 2 unspecified atom stereocenters. The van der Waals surface area contributed by atoms with Gasteiger partial charge < -0.3 is 10.3 Å². The zero-order valence-electron chi connectivity index (χ0n) is 10.6. The molecule has 20 heavy (non-hydrogen) atoms. The van der Waals surface area contributed by atoms with E-state index >= 15 is 0 Å². The van der Waals surface area contributed by atoms with Gasteiger partial charge in [-0.15, -0.1) is 0 Å². The van der Waals surface area contributed by atoms with Crippen molar-refractivity contribution in [1.29, 1.82) is 0 Å². The number of hydrogen-bond donors (Lipinski definition) is 1. The summed E-state index contributed by atoms with van der Waals surface area (Å²) in [6.07, 6.45) is 0.414. The smallest absolute Gasteiger partial charge is 0.232 e. The molecule has 0 saturated carbocycles. The Balaban J connectivity index is 1.77. The van der Waals surface area contributed by atoms with Crippen LogP contribution in [-0.2, 0) is 6.42 Å². The van der Waals surface area contributed by atoms with Gasteiger partial charge in [-0.05, 0) is 17.7 Å². The molecule has 2 aromatic rings. The molecule has 1 aliphatic heterocycles. The summed E-state index contributed by atoms with van der Waals surface area (Å²) >= 11 is 7.77. The first kappa shape index (κ1) is 13.9. The first-order chi connectivity index (χ1) is 9.63. The summed E-state index contributed by atoms with van der Waals surface area (Å²) in [4.78, 5) is 4.38. The van der Waals surface area contributed by atoms with Crippen molar-refractivity contribution in [1.82, 2.24) is 10.1 Å². The van der Waals surface area contributed by atoms with Crippen LogP contribution in [0.25, 0.3) is 0 Å². The molecule has 1 aliphatic rings. The Hall–Kier alpha value is -1.11. The normalized spacial score (nSPS) is 22.4. The molecule has 1 saturated heterocycles. The highest BCUT2D eigenvalue weighted by molar-refractivity contribution is 7.99. The summed E-state index contributed by atoms with van der Waals surface area (Å²) < 4.78 is 18.3. The van der Waals surface area contributed by atoms with E-state index in [1.807, 2.05) is 0 Å². The molecule has 2 heterocycles. The van der Waals surface area contributed by atoms with E-state index in [0.29, 0.717) is 23.2 Å². The molecule has 0 amide bonds. The maximum absolute atomic E-state index is 13.0. The van der Waals surface area contributed by atoms with Crippen LogP contribution in [0.15, 0.2) is 22.7 Å². The number of thioether (sulfide) groups is 1. The van der Waals surface area contributed by atoms with Crippen molar-refractivity contribution < 1.29 is 8.91 Å². The molecule has 1 fully saturated rings. The van der Waals surface area contributed by atoms with Gasteiger partial charge >= 0.3 is 0 Å². The molecule has 1 aromatic carbocycles. The SMILES string of the molecule is NC1CSCC1c1nc(Cc2ccc(F)cc2Cl)no1. The highest BCUT2D eigenvalue weighted by Crippen LogP contribution is 2.31. The second kappa shape index (κ2) is 5.71. The zero-order valence-corrected chi connectivity index (χ0v) is 12.1. The van der Waals surface area contributed by atoms with Crippen LogP contribution < -0.4 is 5.73 Å². The molecule has 0 aliphatic carbocycles. The van der Waals surface area contributed by atoms with Crippen LogP contribution >= 0.6 is 23.4 Å². The van der Waals surface area contributed by atoms with E-state index in [1.54, 1.807) is 17.8 Å². The molecule has 4 nitrogen and oxygen atoms in total. The van der Waals surface area contributed by atoms with Crippen LogP contribution in [0.3, 0.4) is 0 Å². The van der Waals surface area contributed by atoms with E-state index < -0.39 is 0 Å². The Morgan fingerprint density at radius 3 is 3.00 bits per heavy atom. The minimum Gasteiger partial charge on any atom is -0.339 e. The maximum Gasteiger partial charge on any atom is 0.232 e. The lowest BCUT2D eigenvalue weighted by Gasteiger charge is -2.07. The Morgan fingerprint density at radius 1 is 1.45 bits per heavy atom. The third-order valence-electron chi connectivity index (χ3n) is 3.29. The third-order valence-corrected chi connectivity index (χ3v) is 4.86. The number of aromatic nitrogens is 2. The third kappa shape index (κ3) is 2.82. The van der Waals surface area contributed by atoms with Crippen LogP contribution in [0.5, 0.6) is 0 Å². The lowest BCUT2D eigenvalue weighted by Crippen LogP contribution is -2.26. The molecule has 106 valence electrons. The van der Waals surface area contributed by atoms with Gasteiger partial charge in [0.15, 0.2) is 5.82 Å². The van der Waals surface area contributed by atoms with E-state index in [2.05, 4.69) is 10.1 Å². The second-order valence-electron chi connectivity index (χ2n) is 4.77. The summed E-state index contributed by atoms with van der Waals surface area (Å²) in [7, 11) is 0. The molecule has 0 radical (unpaired) electrons. The predicted molar refractivity (Wildman–Crippen MR) is 76.6 cm³/mol. The quantitative estimate of drug-likeness (QED) is 0.943. The summed E-state index contributed by atoms with van der Waals surface area (Å²) in [6.45, 7) is 0. The van der Waals surface area contributed by atoms with E-state index in [4.69, 9.17) is 21.9 Å². The number of nitrogens with zero attached hydrogens (tertiary/aromatic N) is 2. The Bertz CT molecular complexity index is 621. The Kier molecular flexibility index (Phi) is 3.96. The number of hydrogen-bond acceptors (Lipinski definition) is 5. The van der Waals surface area contributed by atoms with Crippen molar-refractivity contribution in [3.8, 4) is 0 Å². The van der Waals surface area contributed by atoms with Gasteiger partial charge in [-0.1, -0.05) is 22.8 Å². The van der Waals surface area contributed by atoms with Crippen LogP contribution in [0, 0.1) is 5.82 Å². The minimum absolute atomic E-state index is 0.0581. The van der Waals surface area contributed by atoms with Gasteiger partial charge in [0.1, 0.15) is 5.82 Å². The predicted octanol–water partition coefficient (Wildman–Crippen LogP) is 2.61. The van der Waals surface area contributed by atoms with Gasteiger partial charge in [-0.3, -0.25) is 0 Å². The van der Waals surface area contributed by atoms with Crippen LogP contribution in [0.4, 0.5) is 4.39 Å². The second-order valence-corrected chi connectivity index (χ2v) is 6.25. The van der Waals surface area contributed by atoms with E-state index in [0.717, 1.165) is 17.1 Å². The van der Waals surface area contributed by atoms with Crippen molar-refractivity contribution in [2.45, 2.75) is 18.4 Å². The Morgan fingerprint density at radius 2 is 2.30 bits per heavy atom. The number of halogens is 2. The summed E-state index contributed by atoms with van der Waals surface area (Å²) in [5.74, 6) is 2.69. The molecule has 7 heteroatoms. The lowest BCUT2D eigenvalue weighted by atomic mass is 10.1. The molecule has 3 rings (SSSR count). The van der Waals surface area contributed by atoms with Gasteiger partial charge in [0.05, 0.1) is 5.92 Å². The first-order valence-corrected chi connectivity index (χ1v) is 7.76. The van der Waals surface area contributed by atoms with Crippen molar-refractivity contribution in [2.24, 2.45) is 5.73 Å². The largest absolute Gasteiger partial charge is 0.339 e. The average molecular weight is 314 g/mol. The van der Waals surface area contributed by atoms with Gasteiger partial charge in [0.2, 0.25) is 5.89 Å². The van der Waals surface area contributed by atoms with Crippen molar-refractivity contribution >= 4 is 23.4 Å². The molecule has 0 bridgehead atoms. The zero-order chi connectivity index (χ0) is 14.1.